The van der Waals surface area contributed by atoms with E-state index in [0.29, 0.717) is 18.0 Å². The van der Waals surface area contributed by atoms with Crippen molar-refractivity contribution in [3.8, 4) is 17.3 Å². The van der Waals surface area contributed by atoms with Crippen LogP contribution in [-0.2, 0) is 0 Å². The van der Waals surface area contributed by atoms with E-state index in [1.807, 2.05) is 24.3 Å². The summed E-state index contributed by atoms with van der Waals surface area (Å²) < 4.78 is 5.52. The third kappa shape index (κ3) is 2.76. The van der Waals surface area contributed by atoms with Gasteiger partial charge in [-0.05, 0) is 36.8 Å². The van der Waals surface area contributed by atoms with Gasteiger partial charge in [-0.2, -0.15) is 0 Å². The number of rotatable bonds is 5. The lowest BCUT2D eigenvalue weighted by molar-refractivity contribution is 0.316. The van der Waals surface area contributed by atoms with Gasteiger partial charge in [-0.15, -0.1) is 0 Å². The van der Waals surface area contributed by atoms with E-state index in [0.717, 1.165) is 28.9 Å². The molecule has 6 nitrogen and oxygen atoms in total. The van der Waals surface area contributed by atoms with Crippen LogP contribution in [0.2, 0.25) is 0 Å². The highest BCUT2D eigenvalue weighted by Gasteiger charge is 2.08. The van der Waals surface area contributed by atoms with Crippen LogP contribution in [0, 0.1) is 5.41 Å². The van der Waals surface area contributed by atoms with E-state index < -0.39 is 0 Å². The van der Waals surface area contributed by atoms with Crippen molar-refractivity contribution in [2.45, 2.75) is 13.3 Å². The van der Waals surface area contributed by atoms with Crippen LogP contribution in [-0.4, -0.2) is 27.4 Å². The van der Waals surface area contributed by atoms with E-state index in [1.165, 1.54) is 0 Å². The molecule has 0 amide bonds. The van der Waals surface area contributed by atoms with Gasteiger partial charge in [-0.3, -0.25) is 5.41 Å². The molecule has 1 aromatic carbocycles. The van der Waals surface area contributed by atoms with Gasteiger partial charge in [0.15, 0.2) is 5.82 Å². The molecule has 0 radical (unpaired) electrons. The van der Waals surface area contributed by atoms with Crippen LogP contribution < -0.4 is 10.5 Å². The first-order chi connectivity index (χ1) is 10.7. The second-order valence-corrected chi connectivity index (χ2v) is 4.96. The molecule has 0 aliphatic rings. The van der Waals surface area contributed by atoms with Gasteiger partial charge in [0.05, 0.1) is 23.8 Å². The number of amidine groups is 1. The fourth-order valence-corrected chi connectivity index (χ4v) is 2.12. The Bertz CT molecular complexity index is 807. The summed E-state index contributed by atoms with van der Waals surface area (Å²) >= 11 is 0. The molecule has 0 aliphatic carbocycles. The number of fused-ring (bicyclic) bond motifs is 1. The summed E-state index contributed by atoms with van der Waals surface area (Å²) in [6, 6.07) is 9.18. The predicted molar refractivity (Wildman–Crippen MR) is 86.1 cm³/mol. The number of H-pyrrole nitrogens is 1. The van der Waals surface area contributed by atoms with Crippen molar-refractivity contribution in [1.82, 2.24) is 15.0 Å². The first-order valence-corrected chi connectivity index (χ1v) is 7.10. The van der Waals surface area contributed by atoms with E-state index >= 15 is 0 Å². The number of aromatic amines is 1. The normalized spacial score (nSPS) is 10.8. The number of ether oxygens (including phenoxy) is 1. The molecule has 2 heterocycles. The van der Waals surface area contributed by atoms with Crippen molar-refractivity contribution in [1.29, 1.82) is 5.41 Å². The average Bonchev–Trinajstić information content (AvgIpc) is 2.96. The Hall–Kier alpha value is -2.89. The minimum absolute atomic E-state index is 0.0357. The molecule has 4 N–H and O–H groups in total. The van der Waals surface area contributed by atoms with E-state index in [4.69, 9.17) is 15.9 Å². The molecule has 0 bridgehead atoms. The van der Waals surface area contributed by atoms with Crippen LogP contribution in [0.25, 0.3) is 22.6 Å². The Labute approximate surface area is 127 Å². The molecule has 22 heavy (non-hydrogen) atoms. The lowest BCUT2D eigenvalue weighted by Crippen LogP contribution is -2.10. The number of nitrogens with one attached hydrogen (secondary N) is 2. The molecule has 0 unspecified atom stereocenters. The van der Waals surface area contributed by atoms with Crippen molar-refractivity contribution >= 4 is 16.9 Å². The topological polar surface area (TPSA) is 101 Å². The molecule has 3 aromatic rings. The van der Waals surface area contributed by atoms with Crippen molar-refractivity contribution in [3.05, 3.63) is 42.1 Å². The molecule has 0 saturated carbocycles. The van der Waals surface area contributed by atoms with Gasteiger partial charge in [-0.1, -0.05) is 6.92 Å². The van der Waals surface area contributed by atoms with Crippen molar-refractivity contribution in [2.24, 2.45) is 5.73 Å². The smallest absolute Gasteiger partial charge is 0.157 e. The fourth-order valence-electron chi connectivity index (χ4n) is 2.12. The van der Waals surface area contributed by atoms with Crippen LogP contribution >= 0.6 is 0 Å². The zero-order valence-electron chi connectivity index (χ0n) is 12.3. The summed E-state index contributed by atoms with van der Waals surface area (Å²) in [6.45, 7) is 2.74. The Morgan fingerprint density at radius 1 is 1.32 bits per heavy atom. The molecular formula is C16H17N5O. The minimum Gasteiger partial charge on any atom is -0.492 e. The molecule has 0 aliphatic heterocycles. The van der Waals surface area contributed by atoms with Gasteiger partial charge in [0.25, 0.3) is 0 Å². The third-order valence-electron chi connectivity index (χ3n) is 3.24. The van der Waals surface area contributed by atoms with Gasteiger partial charge in [0, 0.05) is 5.56 Å². The average molecular weight is 295 g/mol. The Morgan fingerprint density at radius 3 is 2.86 bits per heavy atom. The lowest BCUT2D eigenvalue weighted by Gasteiger charge is -2.03. The molecule has 112 valence electrons. The highest BCUT2D eigenvalue weighted by atomic mass is 16.5. The zero-order chi connectivity index (χ0) is 15.5. The minimum atomic E-state index is 0.0357. The summed E-state index contributed by atoms with van der Waals surface area (Å²) in [6.07, 6.45) is 2.66. The lowest BCUT2D eigenvalue weighted by atomic mass is 10.2. The Morgan fingerprint density at radius 2 is 2.18 bits per heavy atom. The predicted octanol–water partition coefficient (Wildman–Crippen LogP) is 2.70. The largest absolute Gasteiger partial charge is 0.492 e. The van der Waals surface area contributed by atoms with Crippen LogP contribution in [0.4, 0.5) is 0 Å². The quantitative estimate of drug-likeness (QED) is 0.497. The molecule has 2 aromatic heterocycles. The maximum atomic E-state index is 7.48. The maximum absolute atomic E-state index is 7.48. The number of imidazole rings is 1. The number of aromatic nitrogens is 3. The van der Waals surface area contributed by atoms with Crippen molar-refractivity contribution < 1.29 is 4.74 Å². The highest BCUT2D eigenvalue weighted by Crippen LogP contribution is 2.21. The molecule has 0 spiro atoms. The van der Waals surface area contributed by atoms with Gasteiger partial charge >= 0.3 is 0 Å². The molecule has 0 saturated heterocycles. The van der Waals surface area contributed by atoms with Crippen LogP contribution in [0.5, 0.6) is 5.75 Å². The third-order valence-corrected chi connectivity index (χ3v) is 3.24. The molecular weight excluding hydrogens is 278 g/mol. The SMILES string of the molecule is CCCOc1ccc(-c2nc3ccc(C(=N)N)cc3[nH]2)nc1. The molecule has 0 fully saturated rings. The van der Waals surface area contributed by atoms with Crippen LogP contribution in [0.15, 0.2) is 36.5 Å². The number of hydrogen-bond acceptors (Lipinski definition) is 4. The van der Waals surface area contributed by atoms with E-state index in [2.05, 4.69) is 21.9 Å². The standard InChI is InChI=1S/C16H17N5O/c1-2-7-22-11-4-6-13(19-9-11)16-20-12-5-3-10(15(17)18)8-14(12)21-16/h3-6,8-9H,2,7H2,1H3,(H3,17,18)(H,20,21). The van der Waals surface area contributed by atoms with E-state index in [9.17, 15) is 0 Å². The number of benzene rings is 1. The fraction of sp³-hybridized carbons (Fsp3) is 0.188. The van der Waals surface area contributed by atoms with Crippen molar-refractivity contribution in [3.63, 3.8) is 0 Å². The number of pyridine rings is 1. The zero-order valence-corrected chi connectivity index (χ0v) is 12.3. The van der Waals surface area contributed by atoms with Crippen LogP contribution in [0.3, 0.4) is 0 Å². The number of nitrogens with two attached hydrogens (primary N) is 1. The summed E-state index contributed by atoms with van der Waals surface area (Å²) in [7, 11) is 0. The van der Waals surface area contributed by atoms with Crippen molar-refractivity contribution in [2.75, 3.05) is 6.61 Å². The maximum Gasteiger partial charge on any atom is 0.157 e. The van der Waals surface area contributed by atoms with Gasteiger partial charge < -0.3 is 15.5 Å². The Kier molecular flexibility index (Phi) is 3.74. The highest BCUT2D eigenvalue weighted by molar-refractivity contribution is 5.98. The van der Waals surface area contributed by atoms with Crippen LogP contribution in [0.1, 0.15) is 18.9 Å². The first-order valence-electron chi connectivity index (χ1n) is 7.10. The van der Waals surface area contributed by atoms with Gasteiger partial charge in [-0.25, -0.2) is 9.97 Å². The Balaban J connectivity index is 1.91. The number of hydrogen-bond donors (Lipinski definition) is 3. The van der Waals surface area contributed by atoms with E-state index in [-0.39, 0.29) is 5.84 Å². The monoisotopic (exact) mass is 295 g/mol. The van der Waals surface area contributed by atoms with Gasteiger partial charge in [0.1, 0.15) is 17.3 Å². The number of nitrogens with zero attached hydrogens (tertiary/aromatic N) is 2. The summed E-state index contributed by atoms with van der Waals surface area (Å²) in [5.41, 5.74) is 8.55. The van der Waals surface area contributed by atoms with Gasteiger partial charge in [0.2, 0.25) is 0 Å². The molecule has 0 atom stereocenters. The molecule has 6 heteroatoms. The second-order valence-electron chi connectivity index (χ2n) is 4.96. The summed E-state index contributed by atoms with van der Waals surface area (Å²) in [5.74, 6) is 1.46. The summed E-state index contributed by atoms with van der Waals surface area (Å²) in [4.78, 5) is 12.1. The van der Waals surface area contributed by atoms with E-state index in [1.54, 1.807) is 12.3 Å². The second kappa shape index (κ2) is 5.85. The first kappa shape index (κ1) is 14.1. The summed E-state index contributed by atoms with van der Waals surface area (Å²) in [5, 5.41) is 7.48. The molecule has 3 rings (SSSR count). The number of nitrogen functional groups attached to an aromatic ring is 1.